The van der Waals surface area contributed by atoms with Crippen molar-refractivity contribution in [3.63, 3.8) is 0 Å². The zero-order chi connectivity index (χ0) is 20.1. The summed E-state index contributed by atoms with van der Waals surface area (Å²) in [7, 11) is 0. The fourth-order valence-electron chi connectivity index (χ4n) is 4.05. The summed E-state index contributed by atoms with van der Waals surface area (Å²) in [5.74, 6) is 0.141. The van der Waals surface area contributed by atoms with Crippen LogP contribution >= 0.6 is 11.6 Å². The van der Waals surface area contributed by atoms with Gasteiger partial charge in [-0.2, -0.15) is 0 Å². The Morgan fingerprint density at radius 3 is 2.68 bits per heavy atom. The maximum atomic E-state index is 11.1. The maximum Gasteiger partial charge on any atom is 0.160 e. The van der Waals surface area contributed by atoms with Crippen LogP contribution in [0.25, 0.3) is 0 Å². The largest absolute Gasteiger partial charge is 0.387 e. The molecule has 0 aliphatic carbocycles. The van der Waals surface area contributed by atoms with Gasteiger partial charge >= 0.3 is 0 Å². The zero-order valence-corrected chi connectivity index (χ0v) is 15.9. The molecule has 152 valence electrons. The molecule has 1 aromatic rings. The first-order chi connectivity index (χ1) is 13.3. The fraction of sp³-hybridized carbons (Fsp3) is 0.500. The van der Waals surface area contributed by atoms with Crippen molar-refractivity contribution in [3.8, 4) is 0 Å². The van der Waals surface area contributed by atoms with Gasteiger partial charge in [-0.3, -0.25) is 21.0 Å². The lowest BCUT2D eigenvalue weighted by molar-refractivity contribution is -0.151. The van der Waals surface area contributed by atoms with E-state index in [0.717, 1.165) is 0 Å². The van der Waals surface area contributed by atoms with E-state index in [1.54, 1.807) is 35.4 Å². The van der Waals surface area contributed by atoms with Gasteiger partial charge in [0.15, 0.2) is 6.23 Å². The molecule has 3 aliphatic heterocycles. The number of hydrogen-bond donors (Lipinski definition) is 6. The van der Waals surface area contributed by atoms with Gasteiger partial charge in [-0.15, -0.1) is 0 Å². The number of aliphatic hydroxyl groups is 3. The Labute approximate surface area is 166 Å². The summed E-state index contributed by atoms with van der Waals surface area (Å²) in [6.45, 7) is 1.81. The number of hydroxylamine groups is 1. The van der Waals surface area contributed by atoms with Crippen molar-refractivity contribution in [2.45, 2.75) is 43.2 Å². The van der Waals surface area contributed by atoms with Gasteiger partial charge < -0.3 is 25.0 Å². The van der Waals surface area contributed by atoms with E-state index in [2.05, 4.69) is 15.8 Å². The van der Waals surface area contributed by atoms with E-state index in [1.807, 2.05) is 6.08 Å². The minimum Gasteiger partial charge on any atom is -0.387 e. The second-order valence-electron chi connectivity index (χ2n) is 7.36. The van der Waals surface area contributed by atoms with E-state index in [1.165, 1.54) is 6.92 Å². The molecular weight excluding hydrogens is 388 g/mol. The summed E-state index contributed by atoms with van der Waals surface area (Å²) in [5, 5.41) is 45.3. The molecule has 28 heavy (non-hydrogen) atoms. The summed E-state index contributed by atoms with van der Waals surface area (Å²) >= 11 is 5.92. The van der Waals surface area contributed by atoms with E-state index >= 15 is 0 Å². The average molecular weight is 411 g/mol. The number of benzene rings is 1. The van der Waals surface area contributed by atoms with Crippen molar-refractivity contribution in [2.75, 3.05) is 6.67 Å². The molecule has 1 aromatic carbocycles. The summed E-state index contributed by atoms with van der Waals surface area (Å²) in [4.78, 5) is 5.87. The van der Waals surface area contributed by atoms with Crippen molar-refractivity contribution >= 4 is 17.4 Å². The van der Waals surface area contributed by atoms with Gasteiger partial charge in [-0.05, 0) is 24.6 Å². The number of amidine groups is 1. The number of ether oxygens (including phenoxy) is 1. The number of fused-ring (bicyclic) bond motifs is 1. The Morgan fingerprint density at radius 2 is 2.00 bits per heavy atom. The van der Waals surface area contributed by atoms with Gasteiger partial charge in [0.1, 0.15) is 29.7 Å². The van der Waals surface area contributed by atoms with E-state index in [4.69, 9.17) is 16.3 Å². The van der Waals surface area contributed by atoms with Crippen molar-refractivity contribution < 1.29 is 25.3 Å². The normalized spacial score (nSPS) is 36.8. The summed E-state index contributed by atoms with van der Waals surface area (Å²) in [6.07, 6.45) is -1.30. The van der Waals surface area contributed by atoms with Crippen LogP contribution in [0.5, 0.6) is 0 Å². The summed E-state index contributed by atoms with van der Waals surface area (Å²) in [5.41, 5.74) is 1.05. The van der Waals surface area contributed by atoms with Crippen LogP contribution < -0.4 is 10.8 Å². The van der Waals surface area contributed by atoms with Crippen LogP contribution in [0.4, 0.5) is 0 Å². The van der Waals surface area contributed by atoms with Gasteiger partial charge in [0.05, 0.1) is 18.8 Å². The lowest BCUT2D eigenvalue weighted by atomic mass is 9.87. The molecule has 0 bridgehead atoms. The Bertz CT molecular complexity index is 787. The molecule has 0 amide bonds. The summed E-state index contributed by atoms with van der Waals surface area (Å²) in [6, 6.07) is 6.59. The molecule has 6 N–H and O–H groups in total. The highest BCUT2D eigenvalue weighted by atomic mass is 35.5. The number of halogens is 1. The number of hydrogen-bond acceptors (Lipinski definition) is 9. The van der Waals surface area contributed by atoms with Crippen LogP contribution in [-0.2, 0) is 10.3 Å². The van der Waals surface area contributed by atoms with Crippen LogP contribution in [0.1, 0.15) is 12.5 Å². The van der Waals surface area contributed by atoms with E-state index in [-0.39, 0.29) is 18.8 Å². The Morgan fingerprint density at radius 1 is 1.29 bits per heavy atom. The number of aliphatic hydroxyl groups excluding tert-OH is 2. The average Bonchev–Trinajstić information content (AvgIpc) is 3.24. The predicted molar refractivity (Wildman–Crippen MR) is 100 cm³/mol. The molecule has 2 unspecified atom stereocenters. The van der Waals surface area contributed by atoms with Crippen molar-refractivity contribution in [3.05, 3.63) is 47.1 Å². The van der Waals surface area contributed by atoms with Gasteiger partial charge in [0.25, 0.3) is 0 Å². The predicted octanol–water partition coefficient (Wildman–Crippen LogP) is -0.296. The SMILES string of the molecule is C[C@@](O)(c1ccc(Cl)cc1)[C@H]1O[C@@H](N2C=CC3C(NO)=NCNC32)[C@H](O)[C@@H]1O. The molecule has 4 rings (SSSR count). The van der Waals surface area contributed by atoms with Crippen LogP contribution in [0.15, 0.2) is 41.5 Å². The molecule has 1 fully saturated rings. The molecule has 0 saturated carbocycles. The number of aliphatic imine (C=N–C) groups is 1. The van der Waals surface area contributed by atoms with Gasteiger partial charge in [0.2, 0.25) is 0 Å². The van der Waals surface area contributed by atoms with E-state index < -0.39 is 30.1 Å². The van der Waals surface area contributed by atoms with Crippen LogP contribution in [-0.4, -0.2) is 68.6 Å². The number of nitrogens with zero attached hydrogens (tertiary/aromatic N) is 2. The maximum absolute atomic E-state index is 11.1. The molecule has 0 radical (unpaired) electrons. The quantitative estimate of drug-likeness (QED) is 0.375. The summed E-state index contributed by atoms with van der Waals surface area (Å²) < 4.78 is 5.97. The van der Waals surface area contributed by atoms with Gasteiger partial charge in [-0.1, -0.05) is 29.8 Å². The number of nitrogens with one attached hydrogen (secondary N) is 2. The highest BCUT2D eigenvalue weighted by Gasteiger charge is 2.55. The minimum atomic E-state index is -1.55. The van der Waals surface area contributed by atoms with E-state index in [0.29, 0.717) is 16.4 Å². The first kappa shape index (κ1) is 19.6. The van der Waals surface area contributed by atoms with Crippen molar-refractivity contribution in [2.24, 2.45) is 10.9 Å². The standard InChI is InChI=1S/C18H23ClN4O5/c1-18(26,9-2-4-10(19)5-3-9)14-12(24)13(25)17(28-14)23-7-6-11-15(22-27)20-8-21-16(11)23/h2-7,11-14,16-17,21,24-27H,8H2,1H3,(H,20,22)/t11?,12-,13+,14-,16?,17+,18+/m0/s1. The van der Waals surface area contributed by atoms with Crippen LogP contribution in [0, 0.1) is 5.92 Å². The zero-order valence-electron chi connectivity index (χ0n) is 15.1. The molecule has 9 nitrogen and oxygen atoms in total. The monoisotopic (exact) mass is 410 g/mol. The Balaban J connectivity index is 1.56. The fourth-order valence-corrected chi connectivity index (χ4v) is 4.18. The van der Waals surface area contributed by atoms with E-state index in [9.17, 15) is 20.5 Å². The molecule has 1 saturated heterocycles. The second-order valence-corrected chi connectivity index (χ2v) is 7.80. The topological polar surface area (TPSA) is 130 Å². The lowest BCUT2D eigenvalue weighted by Gasteiger charge is -2.37. The molecule has 7 atom stereocenters. The third-order valence-corrected chi connectivity index (χ3v) is 5.87. The molecule has 0 aromatic heterocycles. The molecule has 10 heteroatoms. The lowest BCUT2D eigenvalue weighted by Crippen LogP contribution is -2.56. The first-order valence-corrected chi connectivity index (χ1v) is 9.36. The molecule has 3 aliphatic rings. The molecule has 3 heterocycles. The first-order valence-electron chi connectivity index (χ1n) is 8.98. The highest BCUT2D eigenvalue weighted by molar-refractivity contribution is 6.30. The minimum absolute atomic E-state index is 0.262. The highest BCUT2D eigenvalue weighted by Crippen LogP contribution is 2.39. The van der Waals surface area contributed by atoms with Gasteiger partial charge in [-0.25, -0.2) is 0 Å². The molecular formula is C18H23ClN4O5. The van der Waals surface area contributed by atoms with Crippen molar-refractivity contribution in [1.29, 1.82) is 0 Å². The Kier molecular flexibility index (Phi) is 5.09. The molecule has 0 spiro atoms. The second kappa shape index (κ2) is 7.27. The smallest absolute Gasteiger partial charge is 0.160 e. The van der Waals surface area contributed by atoms with Gasteiger partial charge in [0, 0.05) is 11.2 Å². The Hall–Kier alpha value is -1.72. The van der Waals surface area contributed by atoms with Crippen LogP contribution in [0.2, 0.25) is 5.02 Å². The van der Waals surface area contributed by atoms with Crippen LogP contribution in [0.3, 0.4) is 0 Å². The number of rotatable bonds is 3. The van der Waals surface area contributed by atoms with Crippen molar-refractivity contribution in [1.82, 2.24) is 15.7 Å². The third-order valence-electron chi connectivity index (χ3n) is 5.62. The third kappa shape index (κ3) is 3.09.